The van der Waals surface area contributed by atoms with Gasteiger partial charge in [0.05, 0.1) is 18.5 Å². The zero-order chi connectivity index (χ0) is 28.0. The number of carbonyl (C=O) groups is 4. The average Bonchev–Trinajstić information content (AvgIpc) is 3.34. The fourth-order valence-electron chi connectivity index (χ4n) is 3.16. The molecule has 0 fully saturated rings. The van der Waals surface area contributed by atoms with Crippen LogP contribution in [-0.4, -0.2) is 98.7 Å². The number of aliphatic hydroxyl groups excluding tert-OH is 1. The van der Waals surface area contributed by atoms with Gasteiger partial charge in [0, 0.05) is 24.9 Å². The molecule has 16 heteroatoms. The monoisotopic (exact) mass is 543 g/mol. The Kier molecular flexibility index (Phi) is 14.0. The first-order valence-electron chi connectivity index (χ1n) is 11.5. The molecule has 0 saturated carbocycles. The van der Waals surface area contributed by atoms with Crippen molar-refractivity contribution in [3.05, 3.63) is 18.2 Å². The molecule has 0 spiro atoms. The van der Waals surface area contributed by atoms with E-state index >= 15 is 0 Å². The van der Waals surface area contributed by atoms with Gasteiger partial charge < -0.3 is 48.3 Å². The molecule has 0 aromatic carbocycles. The van der Waals surface area contributed by atoms with Crippen molar-refractivity contribution < 1.29 is 29.4 Å². The van der Waals surface area contributed by atoms with Crippen molar-refractivity contribution in [3.63, 3.8) is 0 Å². The Hall–Kier alpha value is -3.37. The number of aromatic nitrogens is 2. The van der Waals surface area contributed by atoms with E-state index in [9.17, 15) is 29.4 Å². The van der Waals surface area contributed by atoms with Crippen molar-refractivity contribution in [2.24, 2.45) is 22.2 Å². The molecule has 0 aliphatic carbocycles. The zero-order valence-corrected chi connectivity index (χ0v) is 21.7. The number of aliphatic imine (C=N–C) groups is 1. The molecule has 1 rings (SSSR count). The Morgan fingerprint density at radius 1 is 1.11 bits per heavy atom. The van der Waals surface area contributed by atoms with Crippen LogP contribution in [0.15, 0.2) is 17.5 Å². The normalized spacial score (nSPS) is 14.9. The van der Waals surface area contributed by atoms with Crippen LogP contribution in [0.1, 0.15) is 31.9 Å². The van der Waals surface area contributed by atoms with Crippen LogP contribution >= 0.6 is 11.8 Å². The summed E-state index contributed by atoms with van der Waals surface area (Å²) in [5.74, 6) is -3.06. The minimum absolute atomic E-state index is 0.00348. The number of aromatic amines is 1. The van der Waals surface area contributed by atoms with Gasteiger partial charge in [-0.25, -0.2) is 9.78 Å². The topological polar surface area (TPSA) is 264 Å². The number of nitrogens with zero attached hydrogens (tertiary/aromatic N) is 2. The molecule has 3 amide bonds. The standard InChI is InChI=1S/C21H37N9O6S/c1-11(31)16(19(34)28-14(20(35)36)4-3-6-26-21(23)24)30-18(33)15(8-12-9-25-10-27-12)29-17(32)13(22)5-7-37-2/h9-11,13-16,31H,3-8,22H2,1-2H3,(H,25,27)(H,28,34)(H,29,32)(H,30,33)(H,35,36)(H4,23,24,26). The molecule has 0 saturated heterocycles. The zero-order valence-electron chi connectivity index (χ0n) is 20.8. The van der Waals surface area contributed by atoms with E-state index in [4.69, 9.17) is 17.2 Å². The van der Waals surface area contributed by atoms with Crippen LogP contribution < -0.4 is 33.2 Å². The molecular weight excluding hydrogens is 506 g/mol. The van der Waals surface area contributed by atoms with Gasteiger partial charge in [-0.15, -0.1) is 0 Å². The second-order valence-electron chi connectivity index (χ2n) is 8.31. The van der Waals surface area contributed by atoms with Crippen LogP contribution in [0.3, 0.4) is 0 Å². The molecule has 15 nitrogen and oxygen atoms in total. The lowest BCUT2D eigenvalue weighted by Crippen LogP contribution is -2.60. The molecule has 1 heterocycles. The van der Waals surface area contributed by atoms with Crippen LogP contribution in [0.2, 0.25) is 0 Å². The Morgan fingerprint density at radius 3 is 2.32 bits per heavy atom. The van der Waals surface area contributed by atoms with Gasteiger partial charge in [-0.05, 0) is 38.2 Å². The highest BCUT2D eigenvalue weighted by Crippen LogP contribution is 2.05. The fraction of sp³-hybridized carbons (Fsp3) is 0.619. The van der Waals surface area contributed by atoms with Crippen molar-refractivity contribution in [3.8, 4) is 0 Å². The number of thioether (sulfide) groups is 1. The summed E-state index contributed by atoms with van der Waals surface area (Å²) >= 11 is 1.52. The number of imidazole rings is 1. The lowest BCUT2D eigenvalue weighted by molar-refractivity contribution is -0.143. The SMILES string of the molecule is CSCCC(N)C(=O)NC(Cc1cnc[nH]1)C(=O)NC(C(=O)NC(CCCN=C(N)N)C(=O)O)C(C)O. The van der Waals surface area contributed by atoms with Gasteiger partial charge in [-0.2, -0.15) is 11.8 Å². The largest absolute Gasteiger partial charge is 0.480 e. The number of carbonyl (C=O) groups excluding carboxylic acids is 3. The summed E-state index contributed by atoms with van der Waals surface area (Å²) in [4.78, 5) is 60.6. The molecule has 1 aromatic heterocycles. The molecule has 0 bridgehead atoms. The second kappa shape index (κ2) is 16.4. The third kappa shape index (κ3) is 11.9. The molecule has 0 aliphatic heterocycles. The maximum absolute atomic E-state index is 13.1. The summed E-state index contributed by atoms with van der Waals surface area (Å²) in [6.07, 6.45) is 4.03. The first-order chi connectivity index (χ1) is 17.5. The summed E-state index contributed by atoms with van der Waals surface area (Å²) in [6, 6.07) is -4.82. The number of aliphatic hydroxyl groups is 1. The Labute approximate surface area is 218 Å². The number of nitrogens with two attached hydrogens (primary N) is 3. The smallest absolute Gasteiger partial charge is 0.326 e. The van der Waals surface area contributed by atoms with Gasteiger partial charge >= 0.3 is 5.97 Å². The van der Waals surface area contributed by atoms with Gasteiger partial charge in [0.1, 0.15) is 18.1 Å². The number of H-pyrrole nitrogens is 1. The molecule has 5 atom stereocenters. The summed E-state index contributed by atoms with van der Waals surface area (Å²) in [5, 5.41) is 26.9. The summed E-state index contributed by atoms with van der Waals surface area (Å²) in [7, 11) is 0. The first kappa shape index (κ1) is 31.7. The van der Waals surface area contributed by atoms with Crippen LogP contribution in [0, 0.1) is 0 Å². The van der Waals surface area contributed by atoms with E-state index < -0.39 is 54.0 Å². The highest BCUT2D eigenvalue weighted by atomic mass is 32.2. The molecule has 5 unspecified atom stereocenters. The Bertz CT molecular complexity index is 908. The maximum atomic E-state index is 13.1. The summed E-state index contributed by atoms with van der Waals surface area (Å²) in [6.45, 7) is 1.42. The van der Waals surface area contributed by atoms with Crippen molar-refractivity contribution in [2.75, 3.05) is 18.6 Å². The molecule has 12 N–H and O–H groups in total. The van der Waals surface area contributed by atoms with E-state index in [-0.39, 0.29) is 31.8 Å². The second-order valence-corrected chi connectivity index (χ2v) is 9.29. The number of amides is 3. The average molecular weight is 544 g/mol. The van der Waals surface area contributed by atoms with Crippen molar-refractivity contribution in [1.29, 1.82) is 0 Å². The highest BCUT2D eigenvalue weighted by molar-refractivity contribution is 7.98. The quantitative estimate of drug-likeness (QED) is 0.0543. The van der Waals surface area contributed by atoms with Gasteiger partial charge in [0.2, 0.25) is 17.7 Å². The Balaban J connectivity index is 2.94. The van der Waals surface area contributed by atoms with Crippen LogP contribution in [-0.2, 0) is 25.6 Å². The van der Waals surface area contributed by atoms with Crippen LogP contribution in [0.4, 0.5) is 0 Å². The Morgan fingerprint density at radius 2 is 1.78 bits per heavy atom. The number of carboxylic acid groups (broad SMARTS) is 1. The maximum Gasteiger partial charge on any atom is 0.326 e. The number of aliphatic carboxylic acids is 1. The molecule has 208 valence electrons. The summed E-state index contributed by atoms with van der Waals surface area (Å²) in [5.41, 5.74) is 16.9. The minimum atomic E-state index is -1.50. The third-order valence-corrected chi connectivity index (χ3v) is 5.85. The van der Waals surface area contributed by atoms with E-state index in [1.807, 2.05) is 6.26 Å². The number of rotatable bonds is 17. The number of carboxylic acids is 1. The number of guanidine groups is 1. The summed E-state index contributed by atoms with van der Waals surface area (Å²) < 4.78 is 0. The van der Waals surface area contributed by atoms with Crippen molar-refractivity contribution >= 4 is 41.4 Å². The number of hydrogen-bond acceptors (Lipinski definition) is 9. The van der Waals surface area contributed by atoms with Gasteiger partial charge in [0.15, 0.2) is 5.96 Å². The number of hydrogen-bond donors (Lipinski definition) is 9. The molecule has 0 aliphatic rings. The van der Waals surface area contributed by atoms with Crippen molar-refractivity contribution in [2.45, 2.75) is 62.9 Å². The predicted octanol–water partition coefficient (Wildman–Crippen LogP) is -2.99. The lowest BCUT2D eigenvalue weighted by atomic mass is 10.1. The van der Waals surface area contributed by atoms with Crippen molar-refractivity contribution in [1.82, 2.24) is 25.9 Å². The third-order valence-electron chi connectivity index (χ3n) is 5.20. The molecule has 0 radical (unpaired) electrons. The first-order valence-corrected chi connectivity index (χ1v) is 12.9. The lowest BCUT2D eigenvalue weighted by Gasteiger charge is -2.26. The van der Waals surface area contributed by atoms with E-state index in [0.717, 1.165) is 0 Å². The number of nitrogens with one attached hydrogen (secondary N) is 4. The van der Waals surface area contributed by atoms with Gasteiger partial charge in [0.25, 0.3) is 0 Å². The van der Waals surface area contributed by atoms with E-state index in [1.54, 1.807) is 0 Å². The van der Waals surface area contributed by atoms with E-state index in [0.29, 0.717) is 17.9 Å². The highest BCUT2D eigenvalue weighted by Gasteiger charge is 2.33. The molecular formula is C21H37N9O6S. The van der Waals surface area contributed by atoms with Gasteiger partial charge in [-0.1, -0.05) is 0 Å². The van der Waals surface area contributed by atoms with Gasteiger partial charge in [-0.3, -0.25) is 19.4 Å². The predicted molar refractivity (Wildman–Crippen MR) is 138 cm³/mol. The minimum Gasteiger partial charge on any atom is -0.480 e. The fourth-order valence-corrected chi connectivity index (χ4v) is 3.65. The van der Waals surface area contributed by atoms with E-state index in [2.05, 4.69) is 30.9 Å². The van der Waals surface area contributed by atoms with E-state index in [1.165, 1.54) is 31.2 Å². The van der Waals surface area contributed by atoms with Crippen LogP contribution in [0.25, 0.3) is 0 Å². The molecule has 1 aromatic rings. The van der Waals surface area contributed by atoms with Crippen LogP contribution in [0.5, 0.6) is 0 Å². The molecule has 37 heavy (non-hydrogen) atoms.